The van der Waals surface area contributed by atoms with Crippen molar-refractivity contribution in [2.45, 2.75) is 12.5 Å². The number of aromatic nitrogens is 1. The van der Waals surface area contributed by atoms with Crippen molar-refractivity contribution in [3.8, 4) is 0 Å². The minimum absolute atomic E-state index is 0.433. The molecule has 2 rings (SSSR count). The van der Waals surface area contributed by atoms with E-state index in [0.29, 0.717) is 6.42 Å². The Morgan fingerprint density at radius 3 is 2.53 bits per heavy atom. The van der Waals surface area contributed by atoms with E-state index in [9.17, 15) is 5.11 Å². The fraction of sp³-hybridized carbons (Fsp3) is 0.167. The molecule has 0 saturated heterocycles. The van der Waals surface area contributed by atoms with Crippen molar-refractivity contribution in [1.29, 1.82) is 0 Å². The van der Waals surface area contributed by atoms with Crippen LogP contribution in [0, 0.1) is 0 Å². The molecular formula is C12H12BrNO. The van der Waals surface area contributed by atoms with E-state index in [1.807, 2.05) is 42.7 Å². The molecule has 2 aromatic rings. The zero-order valence-electron chi connectivity index (χ0n) is 8.15. The number of benzene rings is 1. The normalized spacial score (nSPS) is 12.7. The van der Waals surface area contributed by atoms with Gasteiger partial charge in [0.25, 0.3) is 0 Å². The van der Waals surface area contributed by atoms with Crippen molar-refractivity contribution in [3.05, 3.63) is 58.3 Å². The number of hydrogen-bond acceptors (Lipinski definition) is 1. The first-order chi connectivity index (χ1) is 7.25. The molecule has 1 atom stereocenters. The van der Waals surface area contributed by atoms with Gasteiger partial charge in [-0.25, -0.2) is 0 Å². The second-order valence-electron chi connectivity index (χ2n) is 3.49. The summed E-state index contributed by atoms with van der Waals surface area (Å²) >= 11 is 3.38. The summed E-state index contributed by atoms with van der Waals surface area (Å²) in [6.45, 7) is 0. The molecule has 2 nitrogen and oxygen atoms in total. The van der Waals surface area contributed by atoms with Gasteiger partial charge in [-0.15, -0.1) is 0 Å². The molecule has 1 aromatic carbocycles. The van der Waals surface area contributed by atoms with Crippen LogP contribution in [0.25, 0.3) is 0 Å². The standard InChI is InChI=1S/C12H12BrNO/c13-11-3-1-9(2-4-11)7-12(15)10-5-6-14-8-10/h1-6,8,12,14-15H,7H2. The monoisotopic (exact) mass is 265 g/mol. The van der Waals surface area contributed by atoms with Crippen LogP contribution in [0.3, 0.4) is 0 Å². The smallest absolute Gasteiger partial charge is 0.0844 e. The first-order valence-electron chi connectivity index (χ1n) is 4.81. The van der Waals surface area contributed by atoms with E-state index in [0.717, 1.165) is 15.6 Å². The van der Waals surface area contributed by atoms with Gasteiger partial charge in [0.15, 0.2) is 0 Å². The summed E-state index contributed by atoms with van der Waals surface area (Å²) in [5.41, 5.74) is 2.06. The molecule has 15 heavy (non-hydrogen) atoms. The predicted molar refractivity (Wildman–Crippen MR) is 63.6 cm³/mol. The number of halogens is 1. The van der Waals surface area contributed by atoms with Crippen LogP contribution >= 0.6 is 15.9 Å². The van der Waals surface area contributed by atoms with E-state index in [1.54, 1.807) is 0 Å². The molecular weight excluding hydrogens is 254 g/mol. The molecule has 1 aromatic heterocycles. The van der Waals surface area contributed by atoms with Crippen LogP contribution in [0.2, 0.25) is 0 Å². The van der Waals surface area contributed by atoms with Gasteiger partial charge in [0.1, 0.15) is 0 Å². The van der Waals surface area contributed by atoms with Crippen molar-refractivity contribution < 1.29 is 5.11 Å². The maximum atomic E-state index is 9.90. The Balaban J connectivity index is 2.06. The van der Waals surface area contributed by atoms with Gasteiger partial charge >= 0.3 is 0 Å². The second kappa shape index (κ2) is 4.64. The lowest BCUT2D eigenvalue weighted by Crippen LogP contribution is -2.00. The lowest BCUT2D eigenvalue weighted by Gasteiger charge is -2.08. The number of nitrogens with one attached hydrogen (secondary N) is 1. The summed E-state index contributed by atoms with van der Waals surface area (Å²) in [5, 5.41) is 9.90. The minimum Gasteiger partial charge on any atom is -0.388 e. The van der Waals surface area contributed by atoms with Crippen LogP contribution in [0.5, 0.6) is 0 Å². The van der Waals surface area contributed by atoms with Gasteiger partial charge in [0.2, 0.25) is 0 Å². The Morgan fingerprint density at radius 1 is 1.20 bits per heavy atom. The predicted octanol–water partition coefficient (Wildman–Crippen LogP) is 3.05. The Labute approximate surface area is 97.1 Å². The largest absolute Gasteiger partial charge is 0.388 e. The summed E-state index contributed by atoms with van der Waals surface area (Å²) in [7, 11) is 0. The third kappa shape index (κ3) is 2.70. The lowest BCUT2D eigenvalue weighted by molar-refractivity contribution is 0.178. The molecule has 0 aliphatic carbocycles. The Hall–Kier alpha value is -1.06. The number of rotatable bonds is 3. The molecule has 0 fully saturated rings. The van der Waals surface area contributed by atoms with Crippen molar-refractivity contribution in [2.24, 2.45) is 0 Å². The Morgan fingerprint density at radius 2 is 1.93 bits per heavy atom. The molecule has 1 unspecified atom stereocenters. The van der Waals surface area contributed by atoms with Gasteiger partial charge < -0.3 is 10.1 Å². The fourth-order valence-corrected chi connectivity index (χ4v) is 1.77. The highest BCUT2D eigenvalue weighted by atomic mass is 79.9. The van der Waals surface area contributed by atoms with Gasteiger partial charge in [0.05, 0.1) is 6.10 Å². The van der Waals surface area contributed by atoms with Gasteiger partial charge in [-0.2, -0.15) is 0 Å². The maximum Gasteiger partial charge on any atom is 0.0844 e. The van der Waals surface area contributed by atoms with Gasteiger partial charge in [-0.05, 0) is 29.3 Å². The summed E-state index contributed by atoms with van der Waals surface area (Å²) in [4.78, 5) is 2.94. The van der Waals surface area contributed by atoms with E-state index in [1.165, 1.54) is 0 Å². The van der Waals surface area contributed by atoms with E-state index >= 15 is 0 Å². The number of hydrogen-bond donors (Lipinski definition) is 2. The highest BCUT2D eigenvalue weighted by Crippen LogP contribution is 2.19. The lowest BCUT2D eigenvalue weighted by atomic mass is 10.0. The summed E-state index contributed by atoms with van der Waals surface area (Å²) in [5.74, 6) is 0. The molecule has 0 bridgehead atoms. The number of aliphatic hydroxyl groups is 1. The van der Waals surface area contributed by atoms with Gasteiger partial charge in [0, 0.05) is 23.3 Å². The number of aliphatic hydroxyl groups excluding tert-OH is 1. The van der Waals surface area contributed by atoms with Gasteiger partial charge in [-0.1, -0.05) is 28.1 Å². The van der Waals surface area contributed by atoms with Crippen LogP contribution in [-0.4, -0.2) is 10.1 Å². The van der Waals surface area contributed by atoms with E-state index in [4.69, 9.17) is 0 Å². The van der Waals surface area contributed by atoms with Crippen molar-refractivity contribution >= 4 is 15.9 Å². The van der Waals surface area contributed by atoms with E-state index in [-0.39, 0.29) is 0 Å². The van der Waals surface area contributed by atoms with Gasteiger partial charge in [-0.3, -0.25) is 0 Å². The molecule has 2 N–H and O–H groups in total. The maximum absolute atomic E-state index is 9.90. The summed E-state index contributed by atoms with van der Waals surface area (Å²) in [6, 6.07) is 9.89. The summed E-state index contributed by atoms with van der Waals surface area (Å²) < 4.78 is 1.06. The molecule has 78 valence electrons. The fourth-order valence-electron chi connectivity index (χ4n) is 1.51. The quantitative estimate of drug-likeness (QED) is 0.880. The Bertz CT molecular complexity index is 408. The van der Waals surface area contributed by atoms with Crippen LogP contribution in [-0.2, 0) is 6.42 Å². The molecule has 0 aliphatic heterocycles. The molecule has 3 heteroatoms. The molecule has 0 amide bonds. The van der Waals surface area contributed by atoms with Crippen molar-refractivity contribution in [2.75, 3.05) is 0 Å². The number of H-pyrrole nitrogens is 1. The van der Waals surface area contributed by atoms with Crippen molar-refractivity contribution in [1.82, 2.24) is 4.98 Å². The average molecular weight is 266 g/mol. The number of aromatic amines is 1. The molecule has 1 heterocycles. The van der Waals surface area contributed by atoms with E-state index in [2.05, 4.69) is 20.9 Å². The molecule has 0 aliphatic rings. The summed E-state index contributed by atoms with van der Waals surface area (Å²) in [6.07, 6.45) is 3.85. The minimum atomic E-state index is -0.433. The van der Waals surface area contributed by atoms with Crippen LogP contribution in [0.4, 0.5) is 0 Å². The highest BCUT2D eigenvalue weighted by molar-refractivity contribution is 9.10. The zero-order valence-corrected chi connectivity index (χ0v) is 9.74. The second-order valence-corrected chi connectivity index (χ2v) is 4.41. The third-order valence-electron chi connectivity index (χ3n) is 2.35. The van der Waals surface area contributed by atoms with Crippen LogP contribution < -0.4 is 0 Å². The zero-order chi connectivity index (χ0) is 10.7. The van der Waals surface area contributed by atoms with E-state index < -0.39 is 6.10 Å². The molecule has 0 saturated carbocycles. The molecule has 0 spiro atoms. The van der Waals surface area contributed by atoms with Crippen LogP contribution in [0.15, 0.2) is 47.2 Å². The Kier molecular flexibility index (Phi) is 3.23. The first-order valence-corrected chi connectivity index (χ1v) is 5.60. The van der Waals surface area contributed by atoms with Crippen LogP contribution in [0.1, 0.15) is 17.2 Å². The first kappa shape index (κ1) is 10.5. The topological polar surface area (TPSA) is 36.0 Å². The average Bonchev–Trinajstić information content (AvgIpc) is 2.74. The SMILES string of the molecule is OC(Cc1ccc(Br)cc1)c1cc[nH]c1. The third-order valence-corrected chi connectivity index (χ3v) is 2.88. The highest BCUT2D eigenvalue weighted by Gasteiger charge is 2.08. The molecule has 0 radical (unpaired) electrons. The van der Waals surface area contributed by atoms with Crippen molar-refractivity contribution in [3.63, 3.8) is 0 Å².